The molecule has 2 unspecified atom stereocenters. The quantitative estimate of drug-likeness (QED) is 0.853. The monoisotopic (exact) mass is 252 g/mol. The van der Waals surface area contributed by atoms with Crippen molar-refractivity contribution in [2.45, 2.75) is 19.4 Å². The van der Waals surface area contributed by atoms with Gasteiger partial charge in [0.2, 0.25) is 5.91 Å². The van der Waals surface area contributed by atoms with Gasteiger partial charge in [0.25, 0.3) is 0 Å². The fraction of sp³-hybridized carbons (Fsp3) is 0.462. The van der Waals surface area contributed by atoms with Gasteiger partial charge in [0.05, 0.1) is 12.6 Å². The predicted molar refractivity (Wildman–Crippen MR) is 65.6 cm³/mol. The van der Waals surface area contributed by atoms with Crippen molar-refractivity contribution >= 4 is 5.91 Å². The van der Waals surface area contributed by atoms with E-state index in [1.54, 1.807) is 13.0 Å². The zero-order valence-corrected chi connectivity index (χ0v) is 10.3. The Morgan fingerprint density at radius 2 is 2.44 bits per heavy atom. The average molecular weight is 252 g/mol. The van der Waals surface area contributed by atoms with Crippen LogP contribution in [0.5, 0.6) is 5.75 Å². The third kappa shape index (κ3) is 2.61. The van der Waals surface area contributed by atoms with Gasteiger partial charge < -0.3 is 15.8 Å². The summed E-state index contributed by atoms with van der Waals surface area (Å²) in [6.45, 7) is 2.58. The topological polar surface area (TPSA) is 64.4 Å². The number of amides is 1. The van der Waals surface area contributed by atoms with Crippen LogP contribution in [0.2, 0.25) is 0 Å². The molecule has 2 atom stereocenters. The Bertz CT molecular complexity index is 451. The van der Waals surface area contributed by atoms with Crippen molar-refractivity contribution in [1.29, 1.82) is 0 Å². The highest BCUT2D eigenvalue weighted by Crippen LogP contribution is 2.32. The van der Waals surface area contributed by atoms with Crippen LogP contribution in [0.4, 0.5) is 4.39 Å². The molecule has 18 heavy (non-hydrogen) atoms. The fourth-order valence-electron chi connectivity index (χ4n) is 1.94. The second kappa shape index (κ2) is 5.35. The van der Waals surface area contributed by atoms with Crippen LogP contribution in [0, 0.1) is 11.7 Å². The van der Waals surface area contributed by atoms with Gasteiger partial charge in [-0.15, -0.1) is 0 Å². The molecule has 1 aliphatic heterocycles. The lowest BCUT2D eigenvalue weighted by Gasteiger charge is -2.27. The van der Waals surface area contributed by atoms with Gasteiger partial charge >= 0.3 is 0 Å². The first-order valence-electron chi connectivity index (χ1n) is 6.04. The van der Waals surface area contributed by atoms with Crippen molar-refractivity contribution in [2.75, 3.05) is 13.2 Å². The van der Waals surface area contributed by atoms with Crippen molar-refractivity contribution in [2.24, 2.45) is 11.7 Å². The maximum Gasteiger partial charge on any atom is 0.224 e. The minimum atomic E-state index is -0.328. The van der Waals surface area contributed by atoms with Crippen LogP contribution in [-0.4, -0.2) is 19.1 Å². The molecule has 0 aromatic heterocycles. The number of nitrogens with one attached hydrogen (secondary N) is 1. The van der Waals surface area contributed by atoms with Gasteiger partial charge in [0.1, 0.15) is 11.6 Å². The molecule has 1 aliphatic rings. The summed E-state index contributed by atoms with van der Waals surface area (Å²) in [5.41, 5.74) is 6.14. The maximum absolute atomic E-state index is 13.2. The van der Waals surface area contributed by atoms with Gasteiger partial charge in [-0.1, -0.05) is 6.92 Å². The molecule has 1 aromatic carbocycles. The van der Waals surface area contributed by atoms with E-state index < -0.39 is 0 Å². The Hall–Kier alpha value is -1.62. The zero-order chi connectivity index (χ0) is 13.1. The molecule has 0 saturated carbocycles. The molecule has 0 bridgehead atoms. The summed E-state index contributed by atoms with van der Waals surface area (Å²) in [6.07, 6.45) is 0.638. The number of halogens is 1. The molecule has 1 amide bonds. The van der Waals surface area contributed by atoms with E-state index in [4.69, 9.17) is 10.5 Å². The number of rotatable bonds is 3. The Labute approximate surface area is 105 Å². The van der Waals surface area contributed by atoms with Gasteiger partial charge in [-0.2, -0.15) is 0 Å². The number of ether oxygens (including phenoxy) is 1. The number of hydrogen-bond acceptors (Lipinski definition) is 3. The first-order chi connectivity index (χ1) is 8.61. The van der Waals surface area contributed by atoms with E-state index in [2.05, 4.69) is 5.32 Å². The van der Waals surface area contributed by atoms with Gasteiger partial charge in [-0.05, 0) is 18.2 Å². The molecule has 2 rings (SSSR count). The minimum Gasteiger partial charge on any atom is -0.493 e. The predicted octanol–water partition coefficient (Wildman–Crippen LogP) is 1.36. The zero-order valence-electron chi connectivity index (χ0n) is 10.3. The summed E-state index contributed by atoms with van der Waals surface area (Å²) in [7, 11) is 0. The Morgan fingerprint density at radius 1 is 1.67 bits per heavy atom. The van der Waals surface area contributed by atoms with Crippen molar-refractivity contribution in [3.8, 4) is 5.75 Å². The number of carbonyl (C=O) groups is 1. The third-order valence-electron chi connectivity index (χ3n) is 3.13. The third-order valence-corrected chi connectivity index (χ3v) is 3.13. The first kappa shape index (κ1) is 12.8. The van der Waals surface area contributed by atoms with Gasteiger partial charge in [-0.3, -0.25) is 4.79 Å². The van der Waals surface area contributed by atoms with Crippen LogP contribution in [0.1, 0.15) is 24.9 Å². The van der Waals surface area contributed by atoms with E-state index in [-0.39, 0.29) is 23.7 Å². The average Bonchev–Trinajstić information content (AvgIpc) is 2.38. The highest BCUT2D eigenvalue weighted by atomic mass is 19.1. The second-order valence-electron chi connectivity index (χ2n) is 4.52. The van der Waals surface area contributed by atoms with E-state index in [1.807, 2.05) is 0 Å². The van der Waals surface area contributed by atoms with Crippen LogP contribution in [0.15, 0.2) is 18.2 Å². The smallest absolute Gasteiger partial charge is 0.224 e. The second-order valence-corrected chi connectivity index (χ2v) is 4.52. The van der Waals surface area contributed by atoms with E-state index in [1.165, 1.54) is 12.1 Å². The van der Waals surface area contributed by atoms with Gasteiger partial charge in [0, 0.05) is 24.4 Å². The van der Waals surface area contributed by atoms with Crippen LogP contribution in [0.3, 0.4) is 0 Å². The number of carbonyl (C=O) groups excluding carboxylic acids is 1. The van der Waals surface area contributed by atoms with Crippen LogP contribution < -0.4 is 15.8 Å². The number of benzene rings is 1. The molecular formula is C13H17FN2O2. The highest BCUT2D eigenvalue weighted by molar-refractivity contribution is 5.79. The first-order valence-corrected chi connectivity index (χ1v) is 6.04. The summed E-state index contributed by atoms with van der Waals surface area (Å²) >= 11 is 0. The molecule has 3 N–H and O–H groups in total. The summed E-state index contributed by atoms with van der Waals surface area (Å²) in [4.78, 5) is 11.8. The lowest BCUT2D eigenvalue weighted by molar-refractivity contribution is -0.125. The van der Waals surface area contributed by atoms with Gasteiger partial charge in [0.15, 0.2) is 0 Å². The van der Waals surface area contributed by atoms with Crippen LogP contribution >= 0.6 is 0 Å². The Morgan fingerprint density at radius 3 is 3.17 bits per heavy atom. The van der Waals surface area contributed by atoms with E-state index in [9.17, 15) is 9.18 Å². The van der Waals surface area contributed by atoms with E-state index in [0.29, 0.717) is 30.9 Å². The SMILES string of the molecule is CC(CN)C(=O)NC1CCOc2ccc(F)cc21. The maximum atomic E-state index is 13.2. The Kier molecular flexibility index (Phi) is 3.81. The molecule has 98 valence electrons. The van der Waals surface area contributed by atoms with E-state index >= 15 is 0 Å². The molecule has 4 nitrogen and oxygen atoms in total. The van der Waals surface area contributed by atoms with Gasteiger partial charge in [-0.25, -0.2) is 4.39 Å². The summed E-state index contributed by atoms with van der Waals surface area (Å²) in [5, 5.41) is 2.89. The number of fused-ring (bicyclic) bond motifs is 1. The molecule has 0 saturated heterocycles. The highest BCUT2D eigenvalue weighted by Gasteiger charge is 2.24. The van der Waals surface area contributed by atoms with Crippen molar-refractivity contribution in [3.05, 3.63) is 29.6 Å². The molecule has 0 spiro atoms. The molecule has 1 aromatic rings. The summed E-state index contributed by atoms with van der Waals surface area (Å²) in [6, 6.07) is 4.15. The molecule has 0 radical (unpaired) electrons. The Balaban J connectivity index is 2.17. The molecule has 0 fully saturated rings. The standard InChI is InChI=1S/C13H17FN2O2/c1-8(7-15)13(17)16-11-4-5-18-12-3-2-9(14)6-10(11)12/h2-3,6,8,11H,4-5,7,15H2,1H3,(H,16,17). The number of hydrogen-bond donors (Lipinski definition) is 2. The van der Waals surface area contributed by atoms with Crippen LogP contribution in [0.25, 0.3) is 0 Å². The summed E-state index contributed by atoms with van der Waals surface area (Å²) < 4.78 is 18.7. The van der Waals surface area contributed by atoms with Crippen molar-refractivity contribution < 1.29 is 13.9 Å². The lowest BCUT2D eigenvalue weighted by Crippen LogP contribution is -2.37. The molecule has 5 heteroatoms. The van der Waals surface area contributed by atoms with E-state index in [0.717, 1.165) is 0 Å². The normalized spacial score (nSPS) is 19.6. The largest absolute Gasteiger partial charge is 0.493 e. The number of nitrogens with two attached hydrogens (primary N) is 1. The van der Waals surface area contributed by atoms with Crippen molar-refractivity contribution in [3.63, 3.8) is 0 Å². The molecule has 0 aliphatic carbocycles. The summed E-state index contributed by atoms with van der Waals surface area (Å²) in [5.74, 6) is -0.0526. The minimum absolute atomic E-state index is 0.111. The van der Waals surface area contributed by atoms with Crippen LogP contribution in [-0.2, 0) is 4.79 Å². The van der Waals surface area contributed by atoms with Crippen molar-refractivity contribution in [1.82, 2.24) is 5.32 Å². The molecule has 1 heterocycles. The molecular weight excluding hydrogens is 235 g/mol. The fourth-order valence-corrected chi connectivity index (χ4v) is 1.94. The lowest BCUT2D eigenvalue weighted by atomic mass is 9.99.